The van der Waals surface area contributed by atoms with Crippen molar-refractivity contribution in [1.82, 2.24) is 9.80 Å². The number of nitrogens with zero attached hydrogens (tertiary/aromatic N) is 3. The molecule has 49 heavy (non-hydrogen) atoms. The largest absolute Gasteiger partial charge is 0.399 e. The standard InChI is InChI=1S/C19H22N2O3S.C19H24N2OS.ClH/c1-19(2)15(12-5-7-20(19)8-6-12)11-16(22)18-9-13-3-4-14(21(23)24)10-17(13)25-18;1-19(2)15(12-5-7-21(19)8-6-12)11-16(22)18-9-13-3-4-14(20)10-17(13)23-18;/h3-4,9-10,12,15H,5-8,11H2,1-2H3;3-4,9-10,12,15H,5-8,11,20H2,1-2H3;1H/t2*15-;/m11./s1. The molecule has 6 fully saturated rings. The average Bonchev–Trinajstić information content (AvgIpc) is 3.69. The molecule has 2 atom stereocenters. The number of thiophene rings is 2. The minimum absolute atomic E-state index is 0. The van der Waals surface area contributed by atoms with Gasteiger partial charge < -0.3 is 5.73 Å². The summed E-state index contributed by atoms with van der Waals surface area (Å²) in [6.07, 6.45) is 6.15. The topological polar surface area (TPSA) is 110 Å². The third-order valence-corrected chi connectivity index (χ3v) is 14.6. The molecule has 4 bridgehead atoms. The second-order valence-electron chi connectivity index (χ2n) is 15.4. The Morgan fingerprint density at radius 2 is 1.18 bits per heavy atom. The molecule has 8 nitrogen and oxygen atoms in total. The molecule has 0 spiro atoms. The lowest BCUT2D eigenvalue weighted by Crippen LogP contribution is -2.61. The molecular formula is C38H47ClN4O4S2. The van der Waals surface area contributed by atoms with E-state index in [9.17, 15) is 19.7 Å². The number of rotatable bonds is 7. The van der Waals surface area contributed by atoms with Crippen LogP contribution in [0.1, 0.15) is 85.6 Å². The first kappa shape index (κ1) is 35.9. The number of hydrogen-bond acceptors (Lipinski definition) is 9. The lowest BCUT2D eigenvalue weighted by Gasteiger charge is -2.56. The summed E-state index contributed by atoms with van der Waals surface area (Å²) in [5.74, 6) is 2.70. The number of nitro benzene ring substituents is 1. The predicted molar refractivity (Wildman–Crippen MR) is 204 cm³/mol. The van der Waals surface area contributed by atoms with Gasteiger partial charge in [-0.25, -0.2) is 0 Å². The fourth-order valence-corrected chi connectivity index (χ4v) is 11.4. The van der Waals surface area contributed by atoms with Crippen molar-refractivity contribution in [2.45, 2.75) is 77.3 Å². The van der Waals surface area contributed by atoms with Gasteiger partial charge in [-0.2, -0.15) is 0 Å². The summed E-state index contributed by atoms with van der Waals surface area (Å²) in [5, 5.41) is 13.0. The summed E-state index contributed by atoms with van der Waals surface area (Å²) >= 11 is 2.96. The fourth-order valence-electron chi connectivity index (χ4n) is 9.27. The molecule has 6 aliphatic rings. The van der Waals surface area contributed by atoms with E-state index in [0.717, 1.165) is 48.7 Å². The Morgan fingerprint density at radius 3 is 1.61 bits per heavy atom. The summed E-state index contributed by atoms with van der Waals surface area (Å²) in [5.41, 5.74) is 6.91. The number of nitrogens with two attached hydrogens (primary N) is 1. The van der Waals surface area contributed by atoms with E-state index in [0.29, 0.717) is 42.3 Å². The number of nitro groups is 1. The second-order valence-corrected chi connectivity index (χ2v) is 17.6. The van der Waals surface area contributed by atoms with Crippen LogP contribution in [-0.2, 0) is 0 Å². The minimum Gasteiger partial charge on any atom is -0.399 e. The Bertz CT molecular complexity index is 1880. The Balaban J connectivity index is 0.000000167. The van der Waals surface area contributed by atoms with E-state index in [-0.39, 0.29) is 35.0 Å². The number of hydrogen-bond donors (Lipinski definition) is 1. The van der Waals surface area contributed by atoms with Crippen LogP contribution in [0.15, 0.2) is 48.5 Å². The maximum absolute atomic E-state index is 12.9. The zero-order valence-electron chi connectivity index (χ0n) is 28.8. The second kappa shape index (κ2) is 13.7. The van der Waals surface area contributed by atoms with Crippen LogP contribution in [0.5, 0.6) is 0 Å². The number of anilines is 1. The summed E-state index contributed by atoms with van der Waals surface area (Å²) in [6.45, 7) is 13.9. The highest BCUT2D eigenvalue weighted by atomic mass is 35.5. The third kappa shape index (κ3) is 6.79. The van der Waals surface area contributed by atoms with Crippen LogP contribution in [0.25, 0.3) is 20.2 Å². The first-order valence-electron chi connectivity index (χ1n) is 17.3. The molecule has 0 amide bonds. The molecule has 2 aromatic carbocycles. The van der Waals surface area contributed by atoms with Crippen molar-refractivity contribution in [3.05, 3.63) is 68.4 Å². The number of halogens is 1. The van der Waals surface area contributed by atoms with Gasteiger partial charge in [0.15, 0.2) is 11.6 Å². The fraction of sp³-hybridized carbons (Fsp3) is 0.526. The highest BCUT2D eigenvalue weighted by Gasteiger charge is 2.49. The number of carbonyl (C=O) groups is 2. The summed E-state index contributed by atoms with van der Waals surface area (Å²) in [4.78, 5) is 43.1. The number of benzene rings is 2. The summed E-state index contributed by atoms with van der Waals surface area (Å²) < 4.78 is 1.92. The maximum Gasteiger partial charge on any atom is 0.270 e. The molecule has 0 unspecified atom stereocenters. The van der Waals surface area contributed by atoms with Gasteiger partial charge in [-0.05, 0) is 144 Å². The zero-order chi connectivity index (χ0) is 34.0. The molecule has 6 saturated heterocycles. The van der Waals surface area contributed by atoms with E-state index in [4.69, 9.17) is 5.73 Å². The van der Waals surface area contributed by atoms with E-state index in [1.54, 1.807) is 23.5 Å². The normalized spacial score (nSPS) is 27.7. The number of nitrogen functional groups attached to an aromatic ring is 1. The number of piperidine rings is 6. The molecule has 11 heteroatoms. The molecule has 6 aliphatic heterocycles. The molecule has 2 aromatic heterocycles. The van der Waals surface area contributed by atoms with Gasteiger partial charge in [0.2, 0.25) is 0 Å². The van der Waals surface area contributed by atoms with Gasteiger partial charge in [-0.3, -0.25) is 29.5 Å². The van der Waals surface area contributed by atoms with Crippen LogP contribution in [-0.4, -0.2) is 63.5 Å². The quantitative estimate of drug-likeness (QED) is 0.0877. The van der Waals surface area contributed by atoms with Crippen molar-refractivity contribution in [3.8, 4) is 0 Å². The Kier molecular flexibility index (Phi) is 10.0. The monoisotopic (exact) mass is 722 g/mol. The SMILES string of the molecule is CC1(C)[C@H](CC(=O)c2cc3ccc(N)cc3s2)C2CCN1CC2.CC1(C)[C@H](CC(=O)c2cc3ccc([N+](=O)[O-])cc3s2)C2CCN1CC2.Cl. The zero-order valence-corrected chi connectivity index (χ0v) is 31.2. The lowest BCUT2D eigenvalue weighted by molar-refractivity contribution is -0.384. The molecule has 4 aromatic rings. The van der Waals surface area contributed by atoms with Crippen LogP contribution in [0.2, 0.25) is 0 Å². The van der Waals surface area contributed by atoms with Gasteiger partial charge >= 0.3 is 0 Å². The maximum atomic E-state index is 12.9. The highest BCUT2D eigenvalue weighted by Crippen LogP contribution is 2.47. The Morgan fingerprint density at radius 1 is 0.755 bits per heavy atom. The van der Waals surface area contributed by atoms with Crippen molar-refractivity contribution >= 4 is 78.2 Å². The Hall–Kier alpha value is -2.89. The van der Waals surface area contributed by atoms with Crippen molar-refractivity contribution in [3.63, 3.8) is 0 Å². The molecule has 262 valence electrons. The molecular weight excluding hydrogens is 676 g/mol. The number of fused-ring (bicyclic) bond motifs is 8. The van der Waals surface area contributed by atoms with E-state index in [2.05, 4.69) is 37.5 Å². The molecule has 0 aliphatic carbocycles. The van der Waals surface area contributed by atoms with Gasteiger partial charge in [0.05, 0.1) is 14.7 Å². The summed E-state index contributed by atoms with van der Waals surface area (Å²) in [7, 11) is 0. The smallest absolute Gasteiger partial charge is 0.270 e. The van der Waals surface area contributed by atoms with E-state index in [1.807, 2.05) is 30.3 Å². The van der Waals surface area contributed by atoms with E-state index >= 15 is 0 Å². The van der Waals surface area contributed by atoms with Gasteiger partial charge in [0.25, 0.3) is 5.69 Å². The van der Waals surface area contributed by atoms with Gasteiger partial charge in [0.1, 0.15) is 0 Å². The van der Waals surface area contributed by atoms with Crippen LogP contribution in [0.3, 0.4) is 0 Å². The van der Waals surface area contributed by atoms with Gasteiger partial charge in [0, 0.05) is 51.1 Å². The van der Waals surface area contributed by atoms with E-state index < -0.39 is 4.92 Å². The first-order chi connectivity index (χ1) is 22.8. The number of ketones is 2. The van der Waals surface area contributed by atoms with E-state index in [1.165, 1.54) is 56.2 Å². The van der Waals surface area contributed by atoms with Crippen LogP contribution in [0.4, 0.5) is 11.4 Å². The van der Waals surface area contributed by atoms with Crippen LogP contribution < -0.4 is 5.73 Å². The van der Waals surface area contributed by atoms with Crippen molar-refractivity contribution < 1.29 is 14.5 Å². The van der Waals surface area contributed by atoms with Gasteiger partial charge in [-0.15, -0.1) is 35.1 Å². The number of carbonyl (C=O) groups excluding carboxylic acids is 2. The third-order valence-electron chi connectivity index (χ3n) is 12.3. The van der Waals surface area contributed by atoms with Crippen LogP contribution in [0, 0.1) is 33.8 Å². The molecule has 0 radical (unpaired) electrons. The molecule has 0 saturated carbocycles. The number of non-ortho nitro benzene ring substituents is 1. The molecule has 8 heterocycles. The lowest BCUT2D eigenvalue weighted by atomic mass is 9.65. The number of Topliss-reactive ketones (excluding diaryl/α,β-unsaturated/α-hetero) is 2. The van der Waals surface area contributed by atoms with Crippen molar-refractivity contribution in [1.29, 1.82) is 0 Å². The Labute approximate surface area is 302 Å². The predicted octanol–water partition coefficient (Wildman–Crippen LogP) is 9.10. The highest BCUT2D eigenvalue weighted by molar-refractivity contribution is 7.21. The summed E-state index contributed by atoms with van der Waals surface area (Å²) in [6, 6.07) is 14.6. The van der Waals surface area contributed by atoms with Gasteiger partial charge in [-0.1, -0.05) is 6.07 Å². The minimum atomic E-state index is -0.392. The average molecular weight is 723 g/mol. The van der Waals surface area contributed by atoms with Crippen LogP contribution >= 0.6 is 35.1 Å². The van der Waals surface area contributed by atoms with Crippen molar-refractivity contribution in [2.24, 2.45) is 23.7 Å². The van der Waals surface area contributed by atoms with Crippen molar-refractivity contribution in [2.75, 3.05) is 31.9 Å². The molecule has 10 rings (SSSR count). The molecule has 2 N–H and O–H groups in total. The first-order valence-corrected chi connectivity index (χ1v) is 19.0.